The van der Waals surface area contributed by atoms with Crippen molar-refractivity contribution in [1.82, 2.24) is 24.7 Å². The van der Waals surface area contributed by atoms with Crippen molar-refractivity contribution >= 4 is 35.0 Å². The van der Waals surface area contributed by atoms with Crippen molar-refractivity contribution in [1.29, 1.82) is 0 Å². The van der Waals surface area contributed by atoms with Gasteiger partial charge in [-0.1, -0.05) is 23.4 Å². The fourth-order valence-corrected chi connectivity index (χ4v) is 5.24. The molecular weight excluding hydrogens is 408 g/mol. The molecule has 29 heavy (non-hydrogen) atoms. The lowest BCUT2D eigenvalue weighted by atomic mass is 9.73. The molecule has 8 nitrogen and oxygen atoms in total. The zero-order chi connectivity index (χ0) is 20.0. The Bertz CT molecular complexity index is 1030. The summed E-state index contributed by atoms with van der Waals surface area (Å²) in [6.07, 6.45) is 9.09. The molecule has 5 rings (SSSR count). The Labute approximate surface area is 177 Å². The lowest BCUT2D eigenvalue weighted by Gasteiger charge is -2.41. The number of aromatic nitrogens is 5. The Morgan fingerprint density at radius 1 is 1.10 bits per heavy atom. The topological polar surface area (TPSA) is 112 Å². The second kappa shape index (κ2) is 7.16. The van der Waals surface area contributed by atoms with Crippen LogP contribution < -0.4 is 16.4 Å². The summed E-state index contributed by atoms with van der Waals surface area (Å²) in [5.41, 5.74) is 13.6. The van der Waals surface area contributed by atoms with Gasteiger partial charge in [-0.25, -0.2) is 15.0 Å². The van der Waals surface area contributed by atoms with Crippen LogP contribution in [0.25, 0.3) is 0 Å². The van der Waals surface area contributed by atoms with Crippen LogP contribution in [-0.2, 0) is 6.54 Å². The van der Waals surface area contributed by atoms with Crippen LogP contribution in [0.4, 0.5) is 11.6 Å². The third-order valence-corrected chi connectivity index (χ3v) is 7.47. The standard InChI is InChI=1S/C19H21ClN8S/c20-16-13(2-5-23-18(16)22)29-15-10-24-14(9-25-15)27-7-3-19(4-8-27)11-28-12(17(19)21)1-6-26-28/h1-2,5-6,9-10,17H,3-4,7-8,11,21H2,(H2,22,23)/t17-/m1/s1. The summed E-state index contributed by atoms with van der Waals surface area (Å²) in [6, 6.07) is 3.91. The van der Waals surface area contributed by atoms with Crippen LogP contribution in [-0.4, -0.2) is 37.8 Å². The van der Waals surface area contributed by atoms with Gasteiger partial charge >= 0.3 is 0 Å². The molecule has 0 aromatic carbocycles. The molecule has 2 aliphatic heterocycles. The smallest absolute Gasteiger partial charge is 0.147 e. The van der Waals surface area contributed by atoms with Crippen LogP contribution in [0.2, 0.25) is 5.02 Å². The predicted octanol–water partition coefficient (Wildman–Crippen LogP) is 2.76. The number of pyridine rings is 1. The molecule has 0 aliphatic carbocycles. The average Bonchev–Trinajstić information content (AvgIpc) is 3.28. The molecule has 0 radical (unpaired) electrons. The maximum atomic E-state index is 6.57. The number of anilines is 2. The molecule has 3 aromatic rings. The summed E-state index contributed by atoms with van der Waals surface area (Å²) in [7, 11) is 0. The van der Waals surface area contributed by atoms with Crippen LogP contribution in [0, 0.1) is 5.41 Å². The van der Waals surface area contributed by atoms with Gasteiger partial charge in [0.25, 0.3) is 0 Å². The minimum atomic E-state index is 0.0505. The van der Waals surface area contributed by atoms with Gasteiger partial charge in [-0.15, -0.1) is 0 Å². The van der Waals surface area contributed by atoms with E-state index in [-0.39, 0.29) is 11.5 Å². The van der Waals surface area contributed by atoms with Crippen LogP contribution in [0.1, 0.15) is 24.6 Å². The normalized spacial score (nSPS) is 20.2. The van der Waals surface area contributed by atoms with Crippen LogP contribution in [0.3, 0.4) is 0 Å². The quantitative estimate of drug-likeness (QED) is 0.654. The molecule has 1 fully saturated rings. The first-order chi connectivity index (χ1) is 14.1. The van der Waals surface area contributed by atoms with Gasteiger partial charge in [0, 0.05) is 42.3 Å². The van der Waals surface area contributed by atoms with Gasteiger partial charge in [0.1, 0.15) is 16.7 Å². The average molecular weight is 429 g/mol. The van der Waals surface area contributed by atoms with Gasteiger partial charge in [0.2, 0.25) is 0 Å². The van der Waals surface area contributed by atoms with E-state index in [2.05, 4.69) is 29.6 Å². The zero-order valence-corrected chi connectivity index (χ0v) is 17.3. The van der Waals surface area contributed by atoms with Gasteiger partial charge in [0.15, 0.2) is 0 Å². The van der Waals surface area contributed by atoms with E-state index in [4.69, 9.17) is 23.1 Å². The minimum Gasteiger partial charge on any atom is -0.382 e. The van der Waals surface area contributed by atoms with Gasteiger partial charge < -0.3 is 16.4 Å². The summed E-state index contributed by atoms with van der Waals surface area (Å²) < 4.78 is 2.06. The van der Waals surface area contributed by atoms with E-state index in [0.29, 0.717) is 10.8 Å². The molecule has 1 atom stereocenters. The Hall–Kier alpha value is -2.36. The van der Waals surface area contributed by atoms with Crippen molar-refractivity contribution in [3.05, 3.63) is 47.6 Å². The van der Waals surface area contributed by atoms with Crippen LogP contribution in [0.5, 0.6) is 0 Å². The lowest BCUT2D eigenvalue weighted by molar-refractivity contribution is 0.170. The molecular formula is C19H21ClN8S. The van der Waals surface area contributed by atoms with Crippen molar-refractivity contribution in [2.75, 3.05) is 23.7 Å². The van der Waals surface area contributed by atoms with Gasteiger partial charge in [-0.2, -0.15) is 5.10 Å². The first-order valence-corrected chi connectivity index (χ1v) is 10.7. The number of nitrogens with zero attached hydrogens (tertiary/aromatic N) is 6. The third kappa shape index (κ3) is 3.23. The number of fused-ring (bicyclic) bond motifs is 1. The van der Waals surface area contributed by atoms with Crippen LogP contribution in [0.15, 0.2) is 46.8 Å². The lowest BCUT2D eigenvalue weighted by Crippen LogP contribution is -2.45. The molecule has 5 heterocycles. The summed E-state index contributed by atoms with van der Waals surface area (Å²) in [5.74, 6) is 1.20. The molecule has 2 aliphatic rings. The maximum absolute atomic E-state index is 6.57. The summed E-state index contributed by atoms with van der Waals surface area (Å²) in [6.45, 7) is 2.72. The monoisotopic (exact) mass is 428 g/mol. The van der Waals surface area contributed by atoms with E-state index in [1.807, 2.05) is 24.5 Å². The number of hydrogen-bond acceptors (Lipinski definition) is 8. The highest BCUT2D eigenvalue weighted by atomic mass is 35.5. The van der Waals surface area contributed by atoms with E-state index >= 15 is 0 Å². The highest BCUT2D eigenvalue weighted by molar-refractivity contribution is 7.99. The third-order valence-electron chi connectivity index (χ3n) is 5.99. The van der Waals surface area contributed by atoms with E-state index in [0.717, 1.165) is 53.9 Å². The summed E-state index contributed by atoms with van der Waals surface area (Å²) in [5, 5.41) is 5.61. The summed E-state index contributed by atoms with van der Waals surface area (Å²) in [4.78, 5) is 16.2. The van der Waals surface area contributed by atoms with Gasteiger partial charge in [0.05, 0.1) is 29.2 Å². The minimum absolute atomic E-state index is 0.0505. The van der Waals surface area contributed by atoms with E-state index in [9.17, 15) is 0 Å². The zero-order valence-electron chi connectivity index (χ0n) is 15.7. The Balaban J connectivity index is 1.25. The van der Waals surface area contributed by atoms with Crippen molar-refractivity contribution in [2.24, 2.45) is 11.1 Å². The Morgan fingerprint density at radius 2 is 1.93 bits per heavy atom. The van der Waals surface area contributed by atoms with Gasteiger partial charge in [-0.05, 0) is 25.0 Å². The van der Waals surface area contributed by atoms with Crippen molar-refractivity contribution in [3.8, 4) is 0 Å². The Kier molecular flexibility index (Phi) is 4.60. The molecule has 150 valence electrons. The van der Waals surface area contributed by atoms with Crippen LogP contribution >= 0.6 is 23.4 Å². The molecule has 4 N–H and O–H groups in total. The first-order valence-electron chi connectivity index (χ1n) is 9.48. The fraction of sp³-hybridized carbons (Fsp3) is 0.368. The van der Waals surface area contributed by atoms with E-state index in [1.165, 1.54) is 11.8 Å². The van der Waals surface area contributed by atoms with Crippen molar-refractivity contribution < 1.29 is 0 Å². The molecule has 3 aromatic heterocycles. The number of halogens is 1. The molecule has 1 spiro atoms. The second-order valence-corrected chi connectivity index (χ2v) is 9.00. The predicted molar refractivity (Wildman–Crippen MR) is 113 cm³/mol. The van der Waals surface area contributed by atoms with Crippen molar-refractivity contribution in [3.63, 3.8) is 0 Å². The number of piperidine rings is 1. The van der Waals surface area contributed by atoms with E-state index in [1.54, 1.807) is 12.4 Å². The molecule has 0 bridgehead atoms. The number of rotatable bonds is 3. The number of nitrogens with two attached hydrogens (primary N) is 2. The second-order valence-electron chi connectivity index (χ2n) is 7.56. The van der Waals surface area contributed by atoms with Crippen molar-refractivity contribution in [2.45, 2.75) is 35.3 Å². The molecule has 1 saturated heterocycles. The molecule has 0 unspecified atom stereocenters. The molecule has 0 amide bonds. The molecule has 0 saturated carbocycles. The fourth-order valence-electron chi connectivity index (χ4n) is 4.26. The molecule has 10 heteroatoms. The largest absolute Gasteiger partial charge is 0.382 e. The number of hydrogen-bond donors (Lipinski definition) is 2. The first kappa shape index (κ1) is 18.7. The van der Waals surface area contributed by atoms with E-state index < -0.39 is 0 Å². The SMILES string of the molecule is Nc1nccc(Sc2cnc(N3CCC4(CC3)Cn3nccc3[C@H]4N)cn2)c1Cl. The van der Waals surface area contributed by atoms with Gasteiger partial charge in [-0.3, -0.25) is 4.68 Å². The number of nitrogen functional groups attached to an aromatic ring is 1. The summed E-state index contributed by atoms with van der Waals surface area (Å²) >= 11 is 7.63. The highest BCUT2D eigenvalue weighted by Gasteiger charge is 2.46. The highest BCUT2D eigenvalue weighted by Crippen LogP contribution is 2.47. The maximum Gasteiger partial charge on any atom is 0.147 e. The Morgan fingerprint density at radius 3 is 2.66 bits per heavy atom.